The van der Waals surface area contributed by atoms with Crippen molar-refractivity contribution < 1.29 is 13.9 Å². The minimum atomic E-state index is -0.449. The number of aliphatic imine (C=N–C) groups is 1. The Morgan fingerprint density at radius 3 is 2.89 bits per heavy atom. The summed E-state index contributed by atoms with van der Waals surface area (Å²) in [6, 6.07) is 11.6. The topological polar surface area (TPSA) is 54.8 Å². The summed E-state index contributed by atoms with van der Waals surface area (Å²) in [5.41, 5.74) is 3.24. The number of benzene rings is 1. The van der Waals surface area contributed by atoms with Crippen molar-refractivity contribution in [2.45, 2.75) is 39.0 Å². The highest BCUT2D eigenvalue weighted by atomic mass is 19.1. The second-order valence-corrected chi connectivity index (χ2v) is 7.15. The molecule has 1 aromatic heterocycles. The van der Waals surface area contributed by atoms with E-state index in [1.165, 1.54) is 6.20 Å². The lowest BCUT2D eigenvalue weighted by atomic mass is 9.87. The molecule has 0 aliphatic carbocycles. The number of halogens is 1. The van der Waals surface area contributed by atoms with Gasteiger partial charge in [0, 0.05) is 41.5 Å². The van der Waals surface area contributed by atoms with Crippen LogP contribution in [-0.4, -0.2) is 34.3 Å². The highest BCUT2D eigenvalue weighted by Crippen LogP contribution is 2.31. The van der Waals surface area contributed by atoms with Crippen molar-refractivity contribution in [3.63, 3.8) is 0 Å². The van der Waals surface area contributed by atoms with Crippen LogP contribution < -0.4 is 0 Å². The summed E-state index contributed by atoms with van der Waals surface area (Å²) in [4.78, 5) is 22.7. The Kier molecular flexibility index (Phi) is 4.88. The van der Waals surface area contributed by atoms with Gasteiger partial charge in [-0.1, -0.05) is 30.3 Å². The third-order valence-corrected chi connectivity index (χ3v) is 5.40. The van der Waals surface area contributed by atoms with Crippen LogP contribution in [0.15, 0.2) is 47.6 Å². The molecule has 1 aromatic carbocycles. The molecule has 2 aliphatic heterocycles. The molecule has 2 aliphatic rings. The zero-order valence-corrected chi connectivity index (χ0v) is 15.3. The molecule has 0 radical (unpaired) electrons. The number of rotatable bonds is 3. The highest BCUT2D eigenvalue weighted by Gasteiger charge is 2.35. The molecule has 2 aromatic rings. The summed E-state index contributed by atoms with van der Waals surface area (Å²) >= 11 is 0. The summed E-state index contributed by atoms with van der Waals surface area (Å²) in [7, 11) is 0. The Morgan fingerprint density at radius 2 is 2.07 bits per heavy atom. The van der Waals surface area contributed by atoms with Gasteiger partial charge >= 0.3 is 6.09 Å². The number of nitrogens with zero attached hydrogens (tertiary/aromatic N) is 3. The van der Waals surface area contributed by atoms with Gasteiger partial charge < -0.3 is 9.64 Å². The van der Waals surface area contributed by atoms with Gasteiger partial charge in [0.1, 0.15) is 6.61 Å². The van der Waals surface area contributed by atoms with Crippen molar-refractivity contribution in [1.82, 2.24) is 9.88 Å². The van der Waals surface area contributed by atoms with Crippen molar-refractivity contribution in [2.24, 2.45) is 10.9 Å². The molecule has 3 heterocycles. The molecule has 0 N–H and O–H groups in total. The molecule has 1 amide bonds. The number of amides is 1. The molecular weight excluding hydrogens is 345 g/mol. The molecule has 2 atom stereocenters. The largest absolute Gasteiger partial charge is 0.445 e. The first-order valence-corrected chi connectivity index (χ1v) is 9.29. The van der Waals surface area contributed by atoms with E-state index in [-0.39, 0.29) is 24.7 Å². The van der Waals surface area contributed by atoms with Crippen molar-refractivity contribution in [1.29, 1.82) is 0 Å². The lowest BCUT2D eigenvalue weighted by Gasteiger charge is -2.37. The lowest BCUT2D eigenvalue weighted by molar-refractivity contribution is 0.0665. The van der Waals surface area contributed by atoms with Gasteiger partial charge in [-0.2, -0.15) is 4.39 Å². The van der Waals surface area contributed by atoms with Crippen LogP contribution in [0.4, 0.5) is 9.18 Å². The first-order chi connectivity index (χ1) is 13.1. The normalized spacial score (nSPS) is 21.6. The van der Waals surface area contributed by atoms with Crippen LogP contribution >= 0.6 is 0 Å². The first kappa shape index (κ1) is 17.6. The fourth-order valence-corrected chi connectivity index (χ4v) is 3.84. The molecule has 1 fully saturated rings. The van der Waals surface area contributed by atoms with Crippen molar-refractivity contribution >= 4 is 11.8 Å². The van der Waals surface area contributed by atoms with Crippen LogP contribution in [0.3, 0.4) is 0 Å². The van der Waals surface area contributed by atoms with Gasteiger partial charge in [0.2, 0.25) is 5.95 Å². The van der Waals surface area contributed by atoms with Gasteiger partial charge in [0.15, 0.2) is 0 Å². The maximum absolute atomic E-state index is 13.9. The van der Waals surface area contributed by atoms with Crippen molar-refractivity contribution in [2.75, 3.05) is 6.54 Å². The summed E-state index contributed by atoms with van der Waals surface area (Å²) < 4.78 is 19.4. The summed E-state index contributed by atoms with van der Waals surface area (Å²) in [5.74, 6) is -0.358. The Hall–Kier alpha value is -2.76. The van der Waals surface area contributed by atoms with Crippen LogP contribution in [-0.2, 0) is 17.9 Å². The predicted molar refractivity (Wildman–Crippen MR) is 100.0 cm³/mol. The SMILES string of the molecule is C[C@H]1CC[C@@H](C2=NCc3c2ccnc3F)CN1C(=O)OCc1ccccc1. The number of likely N-dealkylation sites (tertiary alicyclic amines) is 1. The van der Waals surface area contributed by atoms with Crippen LogP contribution in [0.2, 0.25) is 0 Å². The van der Waals surface area contributed by atoms with Crippen molar-refractivity contribution in [3.05, 3.63) is 65.2 Å². The number of hydrogen-bond acceptors (Lipinski definition) is 4. The van der Waals surface area contributed by atoms with Crippen LogP contribution in [0.1, 0.15) is 36.5 Å². The van der Waals surface area contributed by atoms with E-state index in [1.807, 2.05) is 43.3 Å². The molecule has 0 bridgehead atoms. The number of carbonyl (C=O) groups excluding carboxylic acids is 1. The van der Waals surface area contributed by atoms with Crippen LogP contribution in [0.25, 0.3) is 0 Å². The summed E-state index contributed by atoms with van der Waals surface area (Å²) in [6.07, 6.45) is 2.96. The van der Waals surface area contributed by atoms with Crippen molar-refractivity contribution in [3.8, 4) is 0 Å². The molecule has 140 valence electrons. The van der Waals surface area contributed by atoms with E-state index in [0.717, 1.165) is 29.7 Å². The molecule has 0 spiro atoms. The average Bonchev–Trinajstić information content (AvgIpc) is 3.13. The molecule has 1 saturated heterocycles. The van der Waals surface area contributed by atoms with Gasteiger partial charge in [-0.05, 0) is 31.4 Å². The monoisotopic (exact) mass is 367 g/mol. The zero-order chi connectivity index (χ0) is 18.8. The Labute approximate surface area is 157 Å². The van der Waals surface area contributed by atoms with E-state index in [2.05, 4.69) is 9.98 Å². The highest BCUT2D eigenvalue weighted by molar-refractivity contribution is 6.05. The number of fused-ring (bicyclic) bond motifs is 1. The van der Waals surface area contributed by atoms with Crippen LogP contribution in [0.5, 0.6) is 0 Å². The Balaban J connectivity index is 1.45. The van der Waals surface area contributed by atoms with E-state index in [0.29, 0.717) is 18.7 Å². The standard InChI is InChI=1S/C21H22FN3O2/c1-14-7-8-16(19-17-9-10-23-20(22)18(17)11-24-19)12-25(14)21(26)27-13-15-5-3-2-4-6-15/h2-6,9-10,14,16H,7-8,11-13H2,1H3/t14-,16+/m0/s1. The molecule has 5 nitrogen and oxygen atoms in total. The van der Waals surface area contributed by atoms with E-state index >= 15 is 0 Å². The lowest BCUT2D eigenvalue weighted by Crippen LogP contribution is -2.47. The summed E-state index contributed by atoms with van der Waals surface area (Å²) in [5, 5.41) is 0. The smallest absolute Gasteiger partial charge is 0.410 e. The number of carbonyl (C=O) groups is 1. The minimum Gasteiger partial charge on any atom is -0.445 e. The molecule has 6 heteroatoms. The first-order valence-electron chi connectivity index (χ1n) is 9.29. The number of pyridine rings is 1. The van der Waals surface area contributed by atoms with Gasteiger partial charge in [-0.25, -0.2) is 9.78 Å². The quantitative estimate of drug-likeness (QED) is 0.772. The number of aromatic nitrogens is 1. The third-order valence-electron chi connectivity index (χ3n) is 5.40. The van der Waals surface area contributed by atoms with Gasteiger partial charge in [-0.3, -0.25) is 4.99 Å². The maximum Gasteiger partial charge on any atom is 0.410 e. The molecule has 4 rings (SSSR count). The molecule has 0 unspecified atom stereocenters. The second kappa shape index (κ2) is 7.47. The van der Waals surface area contributed by atoms with E-state index in [4.69, 9.17) is 4.74 Å². The van der Waals surface area contributed by atoms with E-state index < -0.39 is 5.95 Å². The molecular formula is C21H22FN3O2. The Morgan fingerprint density at radius 1 is 1.26 bits per heavy atom. The van der Waals surface area contributed by atoms with Gasteiger partial charge in [0.05, 0.1) is 6.54 Å². The van der Waals surface area contributed by atoms with Crippen LogP contribution in [0, 0.1) is 11.9 Å². The molecule has 0 saturated carbocycles. The molecule has 27 heavy (non-hydrogen) atoms. The predicted octanol–water partition coefficient (Wildman–Crippen LogP) is 3.96. The Bertz CT molecular complexity index is 869. The number of hydrogen-bond donors (Lipinski definition) is 0. The van der Waals surface area contributed by atoms with E-state index in [9.17, 15) is 9.18 Å². The van der Waals surface area contributed by atoms with Gasteiger partial charge in [-0.15, -0.1) is 0 Å². The van der Waals surface area contributed by atoms with Gasteiger partial charge in [0.25, 0.3) is 0 Å². The average molecular weight is 367 g/mol. The number of ether oxygens (including phenoxy) is 1. The number of piperidine rings is 1. The van der Waals surface area contributed by atoms with E-state index in [1.54, 1.807) is 4.90 Å². The summed E-state index contributed by atoms with van der Waals surface area (Å²) in [6.45, 7) is 3.16. The fraction of sp³-hybridized carbons (Fsp3) is 0.381. The fourth-order valence-electron chi connectivity index (χ4n) is 3.84. The maximum atomic E-state index is 13.9. The second-order valence-electron chi connectivity index (χ2n) is 7.15. The third kappa shape index (κ3) is 3.56. The zero-order valence-electron chi connectivity index (χ0n) is 15.3. The minimum absolute atomic E-state index is 0.0912.